The second-order valence-corrected chi connectivity index (χ2v) is 8.82. The quantitative estimate of drug-likeness (QED) is 0.133. The van der Waals surface area contributed by atoms with Crippen LogP contribution in [0.2, 0.25) is 0 Å². The number of benzene rings is 3. The molecule has 0 aromatic heterocycles. The minimum absolute atomic E-state index is 0.0294. The smallest absolute Gasteiger partial charge is 0.293 e. The summed E-state index contributed by atoms with van der Waals surface area (Å²) in [6.45, 7) is 1.09. The highest BCUT2D eigenvalue weighted by atomic mass is 127. The van der Waals surface area contributed by atoms with E-state index in [0.717, 1.165) is 16.7 Å². The summed E-state index contributed by atoms with van der Waals surface area (Å²) in [5, 5.41) is 0. The van der Waals surface area contributed by atoms with Crippen LogP contribution in [-0.4, -0.2) is 35.6 Å². The van der Waals surface area contributed by atoms with Crippen LogP contribution < -0.4 is 0 Å². The highest BCUT2D eigenvalue weighted by Crippen LogP contribution is 2.24. The van der Waals surface area contributed by atoms with Gasteiger partial charge in [0.25, 0.3) is 6.47 Å². The maximum absolute atomic E-state index is 14.8. The first-order valence-corrected chi connectivity index (χ1v) is 12.2. The van der Waals surface area contributed by atoms with Crippen molar-refractivity contribution >= 4 is 29.1 Å². The fraction of sp³-hybridized carbons (Fsp3) is 0.296. The molecule has 7 heteroatoms. The van der Waals surface area contributed by atoms with Crippen LogP contribution in [0.1, 0.15) is 16.7 Å². The number of alkyl halides is 2. The van der Waals surface area contributed by atoms with Crippen molar-refractivity contribution in [3.05, 3.63) is 108 Å². The predicted octanol–water partition coefficient (Wildman–Crippen LogP) is 5.65. The average Bonchev–Trinajstić information content (AvgIpc) is 2.87. The topological polar surface area (TPSA) is 54.0 Å². The molecule has 0 aliphatic rings. The Bertz CT molecular complexity index is 943. The van der Waals surface area contributed by atoms with Gasteiger partial charge in [-0.25, -0.2) is 4.39 Å². The van der Waals surface area contributed by atoms with Crippen molar-refractivity contribution in [3.63, 3.8) is 0 Å². The van der Waals surface area contributed by atoms with E-state index in [1.54, 1.807) is 22.6 Å². The average molecular weight is 578 g/mol. The Balaban J connectivity index is 1.74. The molecule has 0 radical (unpaired) electrons. The molecule has 0 amide bonds. The first kappa shape index (κ1) is 26.3. The normalized spacial score (nSPS) is 14.6. The summed E-state index contributed by atoms with van der Waals surface area (Å²) in [6.07, 6.45) is -2.75. The van der Waals surface area contributed by atoms with Crippen LogP contribution in [0.3, 0.4) is 0 Å². The maximum atomic E-state index is 14.8. The second-order valence-electron chi connectivity index (χ2n) is 7.63. The van der Waals surface area contributed by atoms with Gasteiger partial charge in [0.15, 0.2) is 10.3 Å². The summed E-state index contributed by atoms with van der Waals surface area (Å²) in [7, 11) is 0. The molecule has 0 heterocycles. The zero-order chi connectivity index (χ0) is 24.0. The van der Waals surface area contributed by atoms with Gasteiger partial charge in [-0.15, -0.1) is 0 Å². The van der Waals surface area contributed by atoms with Gasteiger partial charge in [-0.3, -0.25) is 4.79 Å². The molecule has 4 atom stereocenters. The van der Waals surface area contributed by atoms with Gasteiger partial charge in [0, 0.05) is 0 Å². The number of hydrogen-bond donors (Lipinski definition) is 0. The zero-order valence-electron chi connectivity index (χ0n) is 18.7. The fourth-order valence-electron chi connectivity index (χ4n) is 3.41. The van der Waals surface area contributed by atoms with E-state index >= 15 is 0 Å². The van der Waals surface area contributed by atoms with Crippen molar-refractivity contribution in [1.29, 1.82) is 0 Å². The molecule has 0 saturated carbocycles. The Hall–Kier alpha value is -2.33. The van der Waals surface area contributed by atoms with Crippen LogP contribution in [0, 0.1) is 0 Å². The van der Waals surface area contributed by atoms with E-state index < -0.39 is 22.5 Å². The first-order chi connectivity index (χ1) is 16.7. The standard InChI is InChI=1S/C27H28FIO5/c28-27(29)26(33-18-23-14-8-3-9-15-23)25(32-17-22-12-6-2-7-13-22)24(34-20-30)19-31-16-21-10-4-1-5-11-21/h1-15,20,24-27H,16-19H2/t24-,25-,26+,27?/m1/s1. The number of halogens is 2. The monoisotopic (exact) mass is 578 g/mol. The van der Waals surface area contributed by atoms with Gasteiger partial charge in [0.2, 0.25) is 0 Å². The predicted molar refractivity (Wildman–Crippen MR) is 136 cm³/mol. The molecular formula is C27H28FIO5. The lowest BCUT2D eigenvalue weighted by Crippen LogP contribution is -2.47. The third kappa shape index (κ3) is 8.79. The minimum atomic E-state index is -1.41. The molecule has 5 nitrogen and oxygen atoms in total. The molecule has 3 aromatic rings. The molecule has 0 aliphatic heterocycles. The summed E-state index contributed by atoms with van der Waals surface area (Å²) in [5.41, 5.74) is 2.79. The van der Waals surface area contributed by atoms with Gasteiger partial charge in [-0.2, -0.15) is 0 Å². The van der Waals surface area contributed by atoms with Crippen molar-refractivity contribution in [1.82, 2.24) is 0 Å². The van der Waals surface area contributed by atoms with Gasteiger partial charge in [0.05, 0.1) is 26.4 Å². The molecule has 34 heavy (non-hydrogen) atoms. The van der Waals surface area contributed by atoms with Gasteiger partial charge < -0.3 is 18.9 Å². The van der Waals surface area contributed by atoms with Crippen LogP contribution >= 0.6 is 22.6 Å². The minimum Gasteiger partial charge on any atom is -0.459 e. The van der Waals surface area contributed by atoms with Crippen molar-refractivity contribution in [2.24, 2.45) is 0 Å². The summed E-state index contributed by atoms with van der Waals surface area (Å²) in [4.78, 5) is 11.3. The van der Waals surface area contributed by atoms with E-state index in [0.29, 0.717) is 13.1 Å². The van der Waals surface area contributed by atoms with E-state index in [-0.39, 0.29) is 19.8 Å². The summed E-state index contributed by atoms with van der Waals surface area (Å²) < 4.78 is 36.7. The molecular weight excluding hydrogens is 550 g/mol. The third-order valence-corrected chi connectivity index (χ3v) is 5.84. The van der Waals surface area contributed by atoms with Gasteiger partial charge >= 0.3 is 0 Å². The Morgan fingerprint density at radius 3 is 1.59 bits per heavy atom. The van der Waals surface area contributed by atoms with Crippen LogP contribution in [0.15, 0.2) is 91.0 Å². The third-order valence-electron chi connectivity index (χ3n) is 5.13. The highest BCUT2D eigenvalue weighted by Gasteiger charge is 2.38. The number of carbonyl (C=O) groups is 1. The Morgan fingerprint density at radius 2 is 1.15 bits per heavy atom. The molecule has 0 spiro atoms. The van der Waals surface area contributed by atoms with E-state index in [4.69, 9.17) is 18.9 Å². The van der Waals surface area contributed by atoms with Crippen LogP contribution in [-0.2, 0) is 43.6 Å². The number of hydrogen-bond acceptors (Lipinski definition) is 5. The van der Waals surface area contributed by atoms with Crippen molar-refractivity contribution in [2.45, 2.75) is 42.3 Å². The summed E-state index contributed by atoms with van der Waals surface area (Å²) >= 11 is 1.67. The van der Waals surface area contributed by atoms with E-state index in [1.807, 2.05) is 91.0 Å². The Labute approximate surface area is 213 Å². The SMILES string of the molecule is O=CO[C@H](COCc1ccccc1)[C@@H](OCc1ccccc1)[C@H](OCc1ccccc1)C(F)I. The van der Waals surface area contributed by atoms with Crippen LogP contribution in [0.4, 0.5) is 4.39 Å². The second kappa shape index (κ2) is 14.8. The molecule has 180 valence electrons. The molecule has 1 unspecified atom stereocenters. The molecule has 0 bridgehead atoms. The molecule has 0 fully saturated rings. The van der Waals surface area contributed by atoms with Gasteiger partial charge in [0.1, 0.15) is 12.2 Å². The van der Waals surface area contributed by atoms with Gasteiger partial charge in [-0.05, 0) is 39.3 Å². The summed E-state index contributed by atoms with van der Waals surface area (Å²) in [6, 6.07) is 28.7. The largest absolute Gasteiger partial charge is 0.459 e. The van der Waals surface area contributed by atoms with Crippen molar-refractivity contribution in [2.75, 3.05) is 6.61 Å². The lowest BCUT2D eigenvalue weighted by atomic mass is 10.1. The van der Waals surface area contributed by atoms with E-state index in [2.05, 4.69) is 0 Å². The summed E-state index contributed by atoms with van der Waals surface area (Å²) in [5.74, 6) is 0. The number of carbonyl (C=O) groups excluding carboxylic acids is 1. The lowest BCUT2D eigenvalue weighted by Gasteiger charge is -2.33. The van der Waals surface area contributed by atoms with Gasteiger partial charge in [-0.1, -0.05) is 91.0 Å². The van der Waals surface area contributed by atoms with E-state index in [1.165, 1.54) is 0 Å². The molecule has 3 rings (SSSR count). The fourth-order valence-corrected chi connectivity index (χ4v) is 4.02. The zero-order valence-corrected chi connectivity index (χ0v) is 20.8. The molecule has 0 saturated heterocycles. The van der Waals surface area contributed by atoms with Crippen LogP contribution in [0.25, 0.3) is 0 Å². The van der Waals surface area contributed by atoms with Crippen molar-refractivity contribution < 1.29 is 28.1 Å². The molecule has 0 aliphatic carbocycles. The molecule has 3 aromatic carbocycles. The van der Waals surface area contributed by atoms with Crippen LogP contribution in [0.5, 0.6) is 0 Å². The first-order valence-electron chi connectivity index (χ1n) is 11.0. The van der Waals surface area contributed by atoms with Crippen molar-refractivity contribution in [3.8, 4) is 0 Å². The highest BCUT2D eigenvalue weighted by molar-refractivity contribution is 14.1. The number of ether oxygens (including phenoxy) is 4. The lowest BCUT2D eigenvalue weighted by molar-refractivity contribution is -0.174. The van der Waals surface area contributed by atoms with E-state index in [9.17, 15) is 9.18 Å². The number of rotatable bonds is 15. The Morgan fingerprint density at radius 1 is 0.706 bits per heavy atom. The Kier molecular flexibility index (Phi) is 11.5. The maximum Gasteiger partial charge on any atom is 0.293 e. The molecule has 0 N–H and O–H groups in total.